The Hall–Kier alpha value is -1.21. The van der Waals surface area contributed by atoms with Gasteiger partial charge in [0.1, 0.15) is 5.75 Å². The molecule has 0 aliphatic heterocycles. The molecule has 82 valence electrons. The molecule has 15 heavy (non-hydrogen) atoms. The first-order chi connectivity index (χ1) is 6.97. The molecule has 7 heteroatoms. The second-order valence-electron chi connectivity index (χ2n) is 2.52. The van der Waals surface area contributed by atoms with E-state index >= 15 is 0 Å². The number of nitrogens with one attached hydrogen (secondary N) is 1. The first-order valence-electron chi connectivity index (χ1n) is 3.80. The molecule has 0 spiro atoms. The van der Waals surface area contributed by atoms with E-state index in [9.17, 15) is 13.6 Å². The fourth-order valence-electron chi connectivity index (χ4n) is 0.796. The first-order valence-corrected chi connectivity index (χ1v) is 4.59. The highest BCUT2D eigenvalue weighted by molar-refractivity contribution is 9.10. The number of carbonyl (C=O) groups is 1. The van der Waals surface area contributed by atoms with Gasteiger partial charge in [-0.2, -0.15) is 8.78 Å². The lowest BCUT2D eigenvalue weighted by atomic mass is 10.3. The number of ether oxygens (including phenoxy) is 1. The number of para-hydroxylation sites is 1. The zero-order valence-corrected chi connectivity index (χ0v) is 8.92. The van der Waals surface area contributed by atoms with Crippen molar-refractivity contribution in [2.24, 2.45) is 5.84 Å². The van der Waals surface area contributed by atoms with Crippen LogP contribution in [0.3, 0.4) is 0 Å². The van der Waals surface area contributed by atoms with Gasteiger partial charge in [-0.25, -0.2) is 5.84 Å². The van der Waals surface area contributed by atoms with E-state index in [0.29, 0.717) is 4.47 Å². The summed E-state index contributed by atoms with van der Waals surface area (Å²) in [5.41, 5.74) is 1.32. The van der Waals surface area contributed by atoms with Crippen LogP contribution in [0.25, 0.3) is 0 Å². The number of halogens is 3. The molecule has 1 amide bonds. The number of benzene rings is 1. The molecule has 0 aliphatic rings. The van der Waals surface area contributed by atoms with Gasteiger partial charge < -0.3 is 4.74 Å². The Morgan fingerprint density at radius 2 is 2.07 bits per heavy atom. The van der Waals surface area contributed by atoms with Crippen molar-refractivity contribution in [1.29, 1.82) is 0 Å². The highest BCUT2D eigenvalue weighted by atomic mass is 79.9. The van der Waals surface area contributed by atoms with Crippen molar-refractivity contribution in [3.8, 4) is 5.75 Å². The average Bonchev–Trinajstić information content (AvgIpc) is 2.20. The lowest BCUT2D eigenvalue weighted by Crippen LogP contribution is -2.47. The van der Waals surface area contributed by atoms with Crippen LogP contribution in [0.1, 0.15) is 0 Å². The van der Waals surface area contributed by atoms with Gasteiger partial charge in [-0.1, -0.05) is 12.1 Å². The monoisotopic (exact) mass is 280 g/mol. The quantitative estimate of drug-likeness (QED) is 0.500. The van der Waals surface area contributed by atoms with Crippen LogP contribution in [0.5, 0.6) is 5.75 Å². The molecule has 0 fully saturated rings. The normalized spacial score (nSPS) is 10.9. The largest absolute Gasteiger partial charge is 0.483 e. The lowest BCUT2D eigenvalue weighted by molar-refractivity contribution is -0.193. The molecule has 1 aromatic rings. The maximum absolute atomic E-state index is 12.9. The smallest absolute Gasteiger partial charge is 0.424 e. The molecule has 0 aromatic heterocycles. The molecule has 0 unspecified atom stereocenters. The summed E-state index contributed by atoms with van der Waals surface area (Å²) in [6.07, 6.45) is -4.00. The molecule has 0 bridgehead atoms. The third kappa shape index (κ3) is 2.87. The molecule has 1 aromatic carbocycles. The van der Waals surface area contributed by atoms with Crippen LogP contribution in [0.15, 0.2) is 28.7 Å². The SMILES string of the molecule is NNC(=O)C(F)(F)Oc1ccccc1Br. The minimum atomic E-state index is -4.00. The summed E-state index contributed by atoms with van der Waals surface area (Å²) >= 11 is 3.00. The maximum atomic E-state index is 12.9. The third-order valence-electron chi connectivity index (χ3n) is 1.47. The van der Waals surface area contributed by atoms with Crippen LogP contribution in [0, 0.1) is 0 Å². The van der Waals surface area contributed by atoms with E-state index in [1.165, 1.54) is 23.6 Å². The van der Waals surface area contributed by atoms with E-state index < -0.39 is 12.0 Å². The number of hydrogen-bond donors (Lipinski definition) is 2. The van der Waals surface area contributed by atoms with Crippen LogP contribution < -0.4 is 16.0 Å². The van der Waals surface area contributed by atoms with Crippen LogP contribution in [-0.2, 0) is 4.79 Å². The molecule has 0 saturated carbocycles. The van der Waals surface area contributed by atoms with E-state index in [0.717, 1.165) is 0 Å². The van der Waals surface area contributed by atoms with Gasteiger partial charge in [0.25, 0.3) is 0 Å². The molecule has 0 atom stereocenters. The maximum Gasteiger partial charge on any atom is 0.483 e. The molecule has 4 nitrogen and oxygen atoms in total. The first kappa shape index (κ1) is 11.9. The molecular weight excluding hydrogens is 274 g/mol. The number of nitrogens with two attached hydrogens (primary N) is 1. The lowest BCUT2D eigenvalue weighted by Gasteiger charge is -2.16. The van der Waals surface area contributed by atoms with Gasteiger partial charge in [0.15, 0.2) is 0 Å². The fraction of sp³-hybridized carbons (Fsp3) is 0.125. The second-order valence-corrected chi connectivity index (χ2v) is 3.38. The molecule has 0 aliphatic carbocycles. The number of hydrogen-bond acceptors (Lipinski definition) is 3. The van der Waals surface area contributed by atoms with Crippen molar-refractivity contribution in [2.75, 3.05) is 0 Å². The predicted octanol–water partition coefficient (Wildman–Crippen LogP) is 1.41. The summed E-state index contributed by atoms with van der Waals surface area (Å²) in [5.74, 6) is 2.72. The van der Waals surface area contributed by atoms with Gasteiger partial charge in [0.05, 0.1) is 4.47 Å². The van der Waals surface area contributed by atoms with Crippen LogP contribution in [0.4, 0.5) is 8.78 Å². The van der Waals surface area contributed by atoms with E-state index in [-0.39, 0.29) is 5.75 Å². The summed E-state index contributed by atoms with van der Waals surface area (Å²) in [6.45, 7) is 0. The summed E-state index contributed by atoms with van der Waals surface area (Å²) in [5, 5.41) is 0. The standard InChI is InChI=1S/C8H7BrF2N2O2/c9-5-3-1-2-4-6(5)15-8(10,11)7(14)13-12/h1-4H,12H2,(H,13,14). The zero-order chi connectivity index (χ0) is 11.5. The summed E-state index contributed by atoms with van der Waals surface area (Å²) < 4.78 is 30.4. The van der Waals surface area contributed by atoms with Gasteiger partial charge in [0, 0.05) is 0 Å². The zero-order valence-electron chi connectivity index (χ0n) is 7.34. The summed E-state index contributed by atoms with van der Waals surface area (Å²) in [7, 11) is 0. The number of rotatable bonds is 3. The van der Waals surface area contributed by atoms with Gasteiger partial charge in [0.2, 0.25) is 0 Å². The predicted molar refractivity (Wildman–Crippen MR) is 52.0 cm³/mol. The summed E-state index contributed by atoms with van der Waals surface area (Å²) in [6, 6.07) is 5.92. The third-order valence-corrected chi connectivity index (χ3v) is 2.13. The number of carbonyl (C=O) groups excluding carboxylic acids is 1. The Kier molecular flexibility index (Phi) is 3.59. The van der Waals surface area contributed by atoms with Crippen LogP contribution in [-0.4, -0.2) is 12.0 Å². The van der Waals surface area contributed by atoms with Crippen molar-refractivity contribution in [1.82, 2.24) is 5.43 Å². The molecule has 0 heterocycles. The highest BCUT2D eigenvalue weighted by Crippen LogP contribution is 2.29. The van der Waals surface area contributed by atoms with E-state index in [1.54, 1.807) is 6.07 Å². The molecule has 3 N–H and O–H groups in total. The number of hydrazine groups is 1. The van der Waals surface area contributed by atoms with Gasteiger partial charge in [-0.3, -0.25) is 10.2 Å². The minimum absolute atomic E-state index is 0.147. The van der Waals surface area contributed by atoms with E-state index in [2.05, 4.69) is 26.5 Å². The Balaban J connectivity index is 2.86. The van der Waals surface area contributed by atoms with Gasteiger partial charge in [-0.15, -0.1) is 0 Å². The second kappa shape index (κ2) is 4.54. The van der Waals surface area contributed by atoms with Crippen molar-refractivity contribution in [2.45, 2.75) is 6.11 Å². The van der Waals surface area contributed by atoms with Crippen LogP contribution >= 0.6 is 15.9 Å². The minimum Gasteiger partial charge on any atom is -0.424 e. The number of amides is 1. The van der Waals surface area contributed by atoms with E-state index in [1.807, 2.05) is 0 Å². The topological polar surface area (TPSA) is 64.3 Å². The van der Waals surface area contributed by atoms with Crippen molar-refractivity contribution >= 4 is 21.8 Å². The Bertz CT molecular complexity index is 373. The molecule has 0 radical (unpaired) electrons. The molecule has 1 rings (SSSR count). The summed E-state index contributed by atoms with van der Waals surface area (Å²) in [4.78, 5) is 10.6. The van der Waals surface area contributed by atoms with Gasteiger partial charge in [-0.05, 0) is 28.1 Å². The Morgan fingerprint density at radius 1 is 1.47 bits per heavy atom. The number of alkyl halides is 2. The van der Waals surface area contributed by atoms with E-state index in [4.69, 9.17) is 0 Å². The molecular formula is C8H7BrF2N2O2. The van der Waals surface area contributed by atoms with Crippen molar-refractivity contribution in [3.63, 3.8) is 0 Å². The Morgan fingerprint density at radius 3 is 2.60 bits per heavy atom. The molecule has 0 saturated heterocycles. The van der Waals surface area contributed by atoms with Crippen molar-refractivity contribution in [3.05, 3.63) is 28.7 Å². The van der Waals surface area contributed by atoms with Crippen molar-refractivity contribution < 1.29 is 18.3 Å². The fourth-order valence-corrected chi connectivity index (χ4v) is 1.16. The average molecular weight is 281 g/mol. The Labute approximate surface area is 92.5 Å². The van der Waals surface area contributed by atoms with Gasteiger partial charge >= 0.3 is 12.0 Å². The highest BCUT2D eigenvalue weighted by Gasteiger charge is 2.42. The van der Waals surface area contributed by atoms with Crippen LogP contribution in [0.2, 0.25) is 0 Å².